The molecule has 0 aliphatic carbocycles. The zero-order chi connectivity index (χ0) is 31.5. The zero-order valence-corrected chi connectivity index (χ0v) is 25.7. The molecule has 2 aliphatic heterocycles. The Kier molecular flexibility index (Phi) is 8.72. The molecule has 0 bridgehead atoms. The van der Waals surface area contributed by atoms with Crippen LogP contribution in [0, 0.1) is 0 Å². The van der Waals surface area contributed by atoms with Crippen LogP contribution in [0.5, 0.6) is 0 Å². The number of fused-ring (bicyclic) bond motifs is 1. The van der Waals surface area contributed by atoms with Gasteiger partial charge in [-0.05, 0) is 46.0 Å². The number of nitrogens with zero attached hydrogens (tertiary/aromatic N) is 3. The number of thioether (sulfide) groups is 1. The standard InChI is InChI=1S/C37H31N3O5S/c41-22-24-10-12-26(13-11-24)33-20-29(23-46-37-38-18-5-19-39-37)44-36(45-33)27-16-14-25(15-17-27)30-7-2-1-6-28(30)21-40-34(42)31-8-3-4-9-32(31)35(40)43/h1-19,29,33,36,41H,20-23H2. The average Bonchev–Trinajstić information content (AvgIpc) is 3.36. The molecule has 230 valence electrons. The van der Waals surface area contributed by atoms with E-state index in [0.717, 1.165) is 33.4 Å². The third kappa shape index (κ3) is 6.23. The van der Waals surface area contributed by atoms with Crippen LogP contribution in [0.3, 0.4) is 0 Å². The predicted molar refractivity (Wildman–Crippen MR) is 174 cm³/mol. The van der Waals surface area contributed by atoms with Crippen LogP contribution < -0.4 is 0 Å². The molecule has 1 aromatic heterocycles. The second-order valence-corrected chi connectivity index (χ2v) is 12.2. The number of aliphatic hydroxyl groups is 1. The summed E-state index contributed by atoms with van der Waals surface area (Å²) in [5.74, 6) is 0.118. The Morgan fingerprint density at radius 1 is 0.739 bits per heavy atom. The Morgan fingerprint density at radius 3 is 2.04 bits per heavy atom. The van der Waals surface area contributed by atoms with Crippen molar-refractivity contribution in [1.29, 1.82) is 0 Å². The fraction of sp³-hybridized carbons (Fsp3) is 0.189. The summed E-state index contributed by atoms with van der Waals surface area (Å²) in [5, 5.41) is 10.2. The monoisotopic (exact) mass is 629 g/mol. The van der Waals surface area contributed by atoms with E-state index in [1.54, 1.807) is 54.5 Å². The van der Waals surface area contributed by atoms with E-state index in [9.17, 15) is 14.7 Å². The summed E-state index contributed by atoms with van der Waals surface area (Å²) < 4.78 is 13.0. The second-order valence-electron chi connectivity index (χ2n) is 11.2. The number of hydrogen-bond donors (Lipinski definition) is 1. The molecular weight excluding hydrogens is 598 g/mol. The smallest absolute Gasteiger partial charge is 0.261 e. The van der Waals surface area contributed by atoms with Gasteiger partial charge in [0.05, 0.1) is 36.5 Å². The number of carbonyl (C=O) groups is 2. The first-order chi connectivity index (χ1) is 22.6. The normalized spacial score (nSPS) is 19.3. The predicted octanol–water partition coefficient (Wildman–Crippen LogP) is 6.77. The minimum Gasteiger partial charge on any atom is -0.392 e. The van der Waals surface area contributed by atoms with E-state index in [1.165, 1.54) is 4.90 Å². The Bertz CT molecular complexity index is 1810. The number of rotatable bonds is 9. The number of carbonyl (C=O) groups excluding carboxylic acids is 2. The summed E-state index contributed by atoms with van der Waals surface area (Å²) in [6.07, 6.45) is 3.21. The molecule has 1 fully saturated rings. The van der Waals surface area contributed by atoms with Crippen molar-refractivity contribution in [1.82, 2.24) is 14.9 Å². The molecule has 4 aromatic carbocycles. The maximum Gasteiger partial charge on any atom is 0.261 e. The van der Waals surface area contributed by atoms with E-state index in [4.69, 9.17) is 9.47 Å². The topological polar surface area (TPSA) is 102 Å². The van der Waals surface area contributed by atoms with Crippen molar-refractivity contribution in [3.05, 3.63) is 149 Å². The molecule has 0 saturated carbocycles. The molecule has 0 radical (unpaired) electrons. The Morgan fingerprint density at radius 2 is 1.37 bits per heavy atom. The van der Waals surface area contributed by atoms with Crippen LogP contribution in [0.2, 0.25) is 0 Å². The van der Waals surface area contributed by atoms with Gasteiger partial charge in [-0.1, -0.05) is 96.7 Å². The van der Waals surface area contributed by atoms with Gasteiger partial charge in [0.15, 0.2) is 11.4 Å². The third-order valence-corrected chi connectivity index (χ3v) is 9.28. The molecule has 8 nitrogen and oxygen atoms in total. The highest BCUT2D eigenvalue weighted by Gasteiger charge is 2.36. The number of amides is 2. The minimum absolute atomic E-state index is 0.0122. The summed E-state index contributed by atoms with van der Waals surface area (Å²) in [4.78, 5) is 36.1. The van der Waals surface area contributed by atoms with Crippen LogP contribution in [-0.4, -0.2) is 43.6 Å². The number of aliphatic hydroxyl groups excluding tert-OH is 1. The molecule has 2 amide bonds. The van der Waals surface area contributed by atoms with Gasteiger partial charge in [-0.25, -0.2) is 9.97 Å². The fourth-order valence-electron chi connectivity index (χ4n) is 5.86. The molecule has 2 aliphatic rings. The van der Waals surface area contributed by atoms with Gasteiger partial charge in [-0.15, -0.1) is 0 Å². The molecule has 3 atom stereocenters. The maximum absolute atomic E-state index is 13.1. The minimum atomic E-state index is -0.596. The van der Waals surface area contributed by atoms with Gasteiger partial charge in [-0.2, -0.15) is 0 Å². The Labute approximate surface area is 271 Å². The lowest BCUT2D eigenvalue weighted by atomic mass is 9.97. The van der Waals surface area contributed by atoms with Crippen LogP contribution in [0.1, 0.15) is 61.8 Å². The summed E-state index contributed by atoms with van der Waals surface area (Å²) in [7, 11) is 0. The summed E-state index contributed by atoms with van der Waals surface area (Å²) in [5.41, 5.74) is 6.40. The van der Waals surface area contributed by atoms with Gasteiger partial charge >= 0.3 is 0 Å². The number of ether oxygens (including phenoxy) is 2. The summed E-state index contributed by atoms with van der Waals surface area (Å²) in [6.45, 7) is 0.169. The van der Waals surface area contributed by atoms with Crippen molar-refractivity contribution < 1.29 is 24.2 Å². The summed E-state index contributed by atoms with van der Waals surface area (Å²) >= 11 is 1.55. The molecular formula is C37H31N3O5S. The van der Waals surface area contributed by atoms with Crippen LogP contribution >= 0.6 is 11.8 Å². The first-order valence-electron chi connectivity index (χ1n) is 15.1. The number of benzene rings is 4. The van der Waals surface area contributed by atoms with Crippen molar-refractivity contribution in [2.75, 3.05) is 5.75 Å². The lowest BCUT2D eigenvalue weighted by Gasteiger charge is -2.36. The van der Waals surface area contributed by atoms with Gasteiger partial charge in [-0.3, -0.25) is 14.5 Å². The highest BCUT2D eigenvalue weighted by atomic mass is 32.2. The lowest BCUT2D eigenvalue weighted by molar-refractivity contribution is -0.245. The fourth-order valence-corrected chi connectivity index (χ4v) is 6.68. The van der Waals surface area contributed by atoms with Crippen molar-refractivity contribution in [2.45, 2.75) is 43.2 Å². The molecule has 0 spiro atoms. The number of aromatic nitrogens is 2. The van der Waals surface area contributed by atoms with E-state index < -0.39 is 6.29 Å². The van der Waals surface area contributed by atoms with Gasteiger partial charge < -0.3 is 14.6 Å². The molecule has 46 heavy (non-hydrogen) atoms. The van der Waals surface area contributed by atoms with Crippen LogP contribution in [0.25, 0.3) is 11.1 Å². The average molecular weight is 630 g/mol. The molecule has 9 heteroatoms. The van der Waals surface area contributed by atoms with E-state index in [2.05, 4.69) is 9.97 Å². The molecule has 3 heterocycles. The molecule has 1 saturated heterocycles. The highest BCUT2D eigenvalue weighted by Crippen LogP contribution is 2.40. The second kappa shape index (κ2) is 13.4. The largest absolute Gasteiger partial charge is 0.392 e. The van der Waals surface area contributed by atoms with Gasteiger partial charge in [0, 0.05) is 30.1 Å². The highest BCUT2D eigenvalue weighted by molar-refractivity contribution is 7.99. The van der Waals surface area contributed by atoms with E-state index in [0.29, 0.717) is 28.5 Å². The van der Waals surface area contributed by atoms with Gasteiger partial charge in [0.25, 0.3) is 11.8 Å². The van der Waals surface area contributed by atoms with E-state index in [1.807, 2.05) is 72.8 Å². The zero-order valence-electron chi connectivity index (χ0n) is 24.9. The Hall–Kier alpha value is -4.67. The SMILES string of the molecule is O=C1c2ccccc2C(=O)N1Cc1ccccc1-c1ccc(C2OC(CSc3ncccn3)CC(c3ccc(CO)cc3)O2)cc1. The Balaban J connectivity index is 1.11. The van der Waals surface area contributed by atoms with E-state index >= 15 is 0 Å². The van der Waals surface area contributed by atoms with Crippen molar-refractivity contribution >= 4 is 23.6 Å². The molecule has 3 unspecified atom stereocenters. The number of imide groups is 1. The molecule has 5 aromatic rings. The van der Waals surface area contributed by atoms with Gasteiger partial charge in [0.1, 0.15) is 0 Å². The van der Waals surface area contributed by atoms with Crippen molar-refractivity contribution in [2.24, 2.45) is 0 Å². The summed E-state index contributed by atoms with van der Waals surface area (Å²) in [6, 6.07) is 32.4. The van der Waals surface area contributed by atoms with E-state index in [-0.39, 0.29) is 37.2 Å². The quantitative estimate of drug-likeness (QED) is 0.108. The lowest BCUT2D eigenvalue weighted by Crippen LogP contribution is -2.31. The number of hydrogen-bond acceptors (Lipinski definition) is 8. The van der Waals surface area contributed by atoms with Crippen LogP contribution in [0.15, 0.2) is 121 Å². The van der Waals surface area contributed by atoms with Crippen LogP contribution in [-0.2, 0) is 22.6 Å². The van der Waals surface area contributed by atoms with Gasteiger partial charge in [0.2, 0.25) is 0 Å². The molecule has 7 rings (SSSR count). The van der Waals surface area contributed by atoms with Crippen LogP contribution in [0.4, 0.5) is 0 Å². The maximum atomic E-state index is 13.1. The molecule has 1 N–H and O–H groups in total. The van der Waals surface area contributed by atoms with Crippen molar-refractivity contribution in [3.63, 3.8) is 0 Å². The first-order valence-corrected chi connectivity index (χ1v) is 16.1. The van der Waals surface area contributed by atoms with Crippen molar-refractivity contribution in [3.8, 4) is 11.1 Å². The first kappa shape index (κ1) is 30.0. The third-order valence-electron chi connectivity index (χ3n) is 8.27.